The van der Waals surface area contributed by atoms with Gasteiger partial charge in [0.15, 0.2) is 11.2 Å². The van der Waals surface area contributed by atoms with Crippen LogP contribution in [0.15, 0.2) is 0 Å². The third-order valence-corrected chi connectivity index (χ3v) is 4.27. The smallest absolute Gasteiger partial charge is 0.305 e. The van der Waals surface area contributed by atoms with E-state index in [1.54, 1.807) is 0 Å². The number of carbonyl (C=O) groups is 5. The summed E-state index contributed by atoms with van der Waals surface area (Å²) >= 11 is 0.798. The standard InChI is InChI=1S/C16H22O10S/c1-7(17)22-6-12(27-11(5)21)13-14(23-8(2)18)15(24-9(3)19)16(26-13)25-10(4)20/h12-16H,6H2,1-5H3/t12-,13-,14-,15+,16-/m0/s1. The molecule has 0 unspecified atom stereocenters. The lowest BCUT2D eigenvalue weighted by molar-refractivity contribution is -0.195. The SMILES string of the molecule is CC(=O)OC[C@H](SC(C)=O)[C@@H]1O[C@H](OC(C)=O)[C@H](OC(C)=O)[C@H]1OC(C)=O. The van der Waals surface area contributed by atoms with Crippen LogP contribution in [0.3, 0.4) is 0 Å². The second-order valence-corrected chi connectivity index (χ2v) is 7.09. The summed E-state index contributed by atoms with van der Waals surface area (Å²) in [5, 5.41) is -1.10. The average molecular weight is 406 g/mol. The van der Waals surface area contributed by atoms with E-state index >= 15 is 0 Å². The second-order valence-electron chi connectivity index (χ2n) is 5.68. The van der Waals surface area contributed by atoms with E-state index in [1.165, 1.54) is 13.8 Å². The van der Waals surface area contributed by atoms with Crippen LogP contribution in [0.4, 0.5) is 0 Å². The Morgan fingerprint density at radius 1 is 0.815 bits per heavy atom. The molecule has 1 rings (SSSR count). The molecule has 152 valence electrons. The van der Waals surface area contributed by atoms with Gasteiger partial charge in [-0.1, -0.05) is 11.8 Å². The Morgan fingerprint density at radius 3 is 1.78 bits per heavy atom. The van der Waals surface area contributed by atoms with Gasteiger partial charge in [0.2, 0.25) is 12.4 Å². The van der Waals surface area contributed by atoms with Crippen molar-refractivity contribution in [3.63, 3.8) is 0 Å². The molecule has 0 amide bonds. The summed E-state index contributed by atoms with van der Waals surface area (Å²) in [4.78, 5) is 57.1. The summed E-state index contributed by atoms with van der Waals surface area (Å²) in [5.41, 5.74) is 0. The molecule has 1 fully saturated rings. The predicted molar refractivity (Wildman–Crippen MR) is 90.2 cm³/mol. The highest BCUT2D eigenvalue weighted by atomic mass is 32.2. The summed E-state index contributed by atoms with van der Waals surface area (Å²) in [7, 11) is 0. The van der Waals surface area contributed by atoms with Crippen molar-refractivity contribution >= 4 is 40.8 Å². The lowest BCUT2D eigenvalue weighted by atomic mass is 10.1. The molecule has 10 nitrogen and oxygen atoms in total. The van der Waals surface area contributed by atoms with Crippen LogP contribution in [-0.4, -0.2) is 65.5 Å². The molecule has 1 aliphatic heterocycles. The summed E-state index contributed by atoms with van der Waals surface area (Å²) in [6.45, 7) is 5.65. The van der Waals surface area contributed by atoms with Crippen LogP contribution in [0.1, 0.15) is 34.6 Å². The first-order chi connectivity index (χ1) is 12.5. The molecule has 0 aliphatic carbocycles. The van der Waals surface area contributed by atoms with Crippen LogP contribution >= 0.6 is 11.8 Å². The predicted octanol–water partition coefficient (Wildman–Crippen LogP) is 0.349. The highest BCUT2D eigenvalue weighted by molar-refractivity contribution is 8.14. The normalized spacial score (nSPS) is 25.2. The lowest BCUT2D eigenvalue weighted by Crippen LogP contribution is -2.44. The molecule has 1 heterocycles. The molecule has 0 N–H and O–H groups in total. The molecule has 0 radical (unpaired) electrons. The van der Waals surface area contributed by atoms with Crippen molar-refractivity contribution in [1.82, 2.24) is 0 Å². The van der Waals surface area contributed by atoms with Gasteiger partial charge in [-0.3, -0.25) is 24.0 Å². The van der Waals surface area contributed by atoms with E-state index in [2.05, 4.69) is 0 Å². The number of carbonyl (C=O) groups excluding carboxylic acids is 5. The van der Waals surface area contributed by atoms with Crippen LogP contribution in [0, 0.1) is 0 Å². The fourth-order valence-corrected chi connectivity index (χ4v) is 3.37. The topological polar surface area (TPSA) is 132 Å². The molecule has 0 aromatic rings. The Balaban J connectivity index is 3.20. The molecule has 5 atom stereocenters. The molecule has 27 heavy (non-hydrogen) atoms. The second kappa shape index (κ2) is 10.3. The summed E-state index contributed by atoms with van der Waals surface area (Å²) in [6, 6.07) is 0. The number of hydrogen-bond acceptors (Lipinski definition) is 11. The molecule has 11 heteroatoms. The molecule has 0 aromatic carbocycles. The van der Waals surface area contributed by atoms with Gasteiger partial charge in [-0.2, -0.15) is 0 Å². The van der Waals surface area contributed by atoms with Gasteiger partial charge in [-0.05, 0) is 0 Å². The highest BCUT2D eigenvalue weighted by Crippen LogP contribution is 2.34. The maximum atomic E-state index is 11.6. The zero-order chi connectivity index (χ0) is 20.7. The number of thioether (sulfide) groups is 1. The Labute approximate surface area is 160 Å². The van der Waals surface area contributed by atoms with Crippen LogP contribution in [0.25, 0.3) is 0 Å². The molecule has 1 saturated heterocycles. The van der Waals surface area contributed by atoms with E-state index in [4.69, 9.17) is 23.7 Å². The fourth-order valence-electron chi connectivity index (χ4n) is 2.46. The van der Waals surface area contributed by atoms with Crippen LogP contribution < -0.4 is 0 Å². The van der Waals surface area contributed by atoms with Gasteiger partial charge < -0.3 is 23.7 Å². The van der Waals surface area contributed by atoms with E-state index in [9.17, 15) is 24.0 Å². The molecule has 0 aromatic heterocycles. The lowest BCUT2D eigenvalue weighted by Gasteiger charge is -2.26. The summed E-state index contributed by atoms with van der Waals surface area (Å²) in [5.74, 6) is -2.71. The largest absolute Gasteiger partial charge is 0.465 e. The van der Waals surface area contributed by atoms with E-state index < -0.39 is 53.7 Å². The third-order valence-electron chi connectivity index (χ3n) is 3.23. The van der Waals surface area contributed by atoms with Crippen molar-refractivity contribution in [2.45, 2.75) is 64.5 Å². The van der Waals surface area contributed by atoms with E-state index in [0.717, 1.165) is 32.5 Å². The Bertz CT molecular complexity index is 604. The minimum Gasteiger partial charge on any atom is -0.465 e. The van der Waals surface area contributed by atoms with Gasteiger partial charge >= 0.3 is 23.9 Å². The van der Waals surface area contributed by atoms with Crippen molar-refractivity contribution < 1.29 is 47.7 Å². The number of rotatable bonds is 7. The summed E-state index contributed by atoms with van der Waals surface area (Å²) < 4.78 is 26.0. The number of hydrogen-bond donors (Lipinski definition) is 0. The van der Waals surface area contributed by atoms with Crippen molar-refractivity contribution in [3.8, 4) is 0 Å². The number of ether oxygens (including phenoxy) is 5. The van der Waals surface area contributed by atoms with Crippen molar-refractivity contribution in [3.05, 3.63) is 0 Å². The van der Waals surface area contributed by atoms with Gasteiger partial charge in [0, 0.05) is 34.6 Å². The third kappa shape index (κ3) is 7.55. The fraction of sp³-hybridized carbons (Fsp3) is 0.688. The molecule has 0 saturated carbocycles. The zero-order valence-corrected chi connectivity index (χ0v) is 16.4. The quantitative estimate of drug-likeness (QED) is 0.428. The van der Waals surface area contributed by atoms with Crippen LogP contribution in [0.5, 0.6) is 0 Å². The van der Waals surface area contributed by atoms with E-state index in [0.29, 0.717) is 0 Å². The minimum absolute atomic E-state index is 0.235. The van der Waals surface area contributed by atoms with Gasteiger partial charge in [-0.15, -0.1) is 0 Å². The summed E-state index contributed by atoms with van der Waals surface area (Å²) in [6.07, 6.45) is -4.82. The maximum absolute atomic E-state index is 11.6. The zero-order valence-electron chi connectivity index (χ0n) is 15.6. The van der Waals surface area contributed by atoms with Gasteiger partial charge in [0.05, 0.1) is 5.25 Å². The van der Waals surface area contributed by atoms with E-state index in [1.807, 2.05) is 0 Å². The van der Waals surface area contributed by atoms with Crippen molar-refractivity contribution in [2.75, 3.05) is 6.61 Å². The van der Waals surface area contributed by atoms with Gasteiger partial charge in [-0.25, -0.2) is 0 Å². The molecule has 0 spiro atoms. The van der Waals surface area contributed by atoms with Crippen molar-refractivity contribution in [2.24, 2.45) is 0 Å². The molecule has 1 aliphatic rings. The molecular formula is C16H22O10S. The Morgan fingerprint density at radius 2 is 1.33 bits per heavy atom. The minimum atomic E-state index is -1.35. The first-order valence-corrected chi connectivity index (χ1v) is 8.87. The highest BCUT2D eigenvalue weighted by Gasteiger charge is 2.54. The first kappa shape index (κ1) is 22.9. The van der Waals surface area contributed by atoms with Crippen LogP contribution in [0.2, 0.25) is 0 Å². The van der Waals surface area contributed by atoms with Gasteiger partial charge in [0.25, 0.3) is 0 Å². The Kier molecular flexibility index (Phi) is 8.70. The van der Waals surface area contributed by atoms with Crippen molar-refractivity contribution in [1.29, 1.82) is 0 Å². The first-order valence-electron chi connectivity index (χ1n) is 7.99. The average Bonchev–Trinajstić information content (AvgIpc) is 2.79. The molecule has 0 bridgehead atoms. The monoisotopic (exact) mass is 406 g/mol. The maximum Gasteiger partial charge on any atom is 0.305 e. The Hall–Kier alpha value is -2.14. The van der Waals surface area contributed by atoms with Gasteiger partial charge in [0.1, 0.15) is 12.7 Å². The van der Waals surface area contributed by atoms with Crippen LogP contribution in [-0.2, 0) is 47.7 Å². The molecular weight excluding hydrogens is 384 g/mol. The van der Waals surface area contributed by atoms with E-state index in [-0.39, 0.29) is 11.7 Å². The number of esters is 4.